The first-order valence-electron chi connectivity index (χ1n) is 8.50. The van der Waals surface area contributed by atoms with Crippen LogP contribution in [0.1, 0.15) is 36.7 Å². The van der Waals surface area contributed by atoms with Crippen LogP contribution >= 0.6 is 67.8 Å². The molecule has 166 valence electrons. The lowest BCUT2D eigenvalue weighted by Gasteiger charge is -2.25. The summed E-state index contributed by atoms with van der Waals surface area (Å²) in [6.45, 7) is 3.59. The predicted molar refractivity (Wildman–Crippen MR) is 134 cm³/mol. The first-order chi connectivity index (χ1) is 13.9. The summed E-state index contributed by atoms with van der Waals surface area (Å²) < 4.78 is 17.1. The van der Waals surface area contributed by atoms with Gasteiger partial charge in [0.1, 0.15) is 13.2 Å². The summed E-state index contributed by atoms with van der Waals surface area (Å²) in [4.78, 5) is 48.2. The van der Waals surface area contributed by atoms with Gasteiger partial charge in [-0.25, -0.2) is 0 Å². The fraction of sp³-hybridized carbons (Fsp3) is 0.444. The molecule has 0 saturated carbocycles. The van der Waals surface area contributed by atoms with Gasteiger partial charge in [-0.2, -0.15) is 0 Å². The third-order valence-corrected chi connectivity index (χ3v) is 7.25. The van der Waals surface area contributed by atoms with E-state index in [1.165, 1.54) is 25.7 Å². The normalized spacial score (nSPS) is 11.4. The molecule has 1 aromatic carbocycles. The maximum Gasteiger partial charge on any atom is 0.303 e. The summed E-state index contributed by atoms with van der Waals surface area (Å²) in [5.41, 5.74) is 7.59. The minimum Gasteiger partial charge on any atom is -0.462 e. The maximum absolute atomic E-state index is 13.2. The lowest BCUT2D eigenvalue weighted by Crippen LogP contribution is -2.39. The quantitative estimate of drug-likeness (QED) is 0.186. The Morgan fingerprint density at radius 1 is 0.933 bits per heavy atom. The zero-order valence-electron chi connectivity index (χ0n) is 16.7. The minimum absolute atomic E-state index is 0.00300. The van der Waals surface area contributed by atoms with Gasteiger partial charge in [-0.1, -0.05) is 0 Å². The first-order valence-corrected chi connectivity index (χ1v) is 11.7. The van der Waals surface area contributed by atoms with Gasteiger partial charge in [0.25, 0.3) is 5.91 Å². The molecule has 1 amide bonds. The van der Waals surface area contributed by atoms with E-state index in [0.29, 0.717) is 27.5 Å². The number of nitrogens with two attached hydrogens (primary N) is 1. The molecule has 0 radical (unpaired) electrons. The summed E-state index contributed by atoms with van der Waals surface area (Å²) in [5, 5.41) is 0. The number of nitrogens with zero attached hydrogens (tertiary/aromatic N) is 1. The summed E-state index contributed by atoms with van der Waals surface area (Å²) in [7, 11) is 1.54. The number of hydrogen-bond acceptors (Lipinski definition) is 8. The number of benzene rings is 1. The van der Waals surface area contributed by atoms with Crippen molar-refractivity contribution in [2.75, 3.05) is 25.9 Å². The van der Waals surface area contributed by atoms with E-state index in [0.717, 1.165) is 0 Å². The van der Waals surface area contributed by atoms with Crippen LogP contribution in [0, 0.1) is 10.7 Å². The Hall–Kier alpha value is -0.910. The van der Waals surface area contributed by atoms with Crippen LogP contribution in [0.2, 0.25) is 0 Å². The highest BCUT2D eigenvalue weighted by atomic mass is 127. The molecule has 0 spiro atoms. The standard InChI is InChI=1S/C18H21I3N2O7/c1-8(24)28-6-11(30-10(3)26)5-23(4)18(27)13-14(19)12(7-29-9(2)25)15(20)17(22)16(13)21/h11H,5-7,22H2,1-4H3. The van der Waals surface area contributed by atoms with Gasteiger partial charge in [0.2, 0.25) is 0 Å². The molecule has 0 saturated heterocycles. The van der Waals surface area contributed by atoms with E-state index < -0.39 is 24.0 Å². The monoisotopic (exact) mass is 758 g/mol. The van der Waals surface area contributed by atoms with Gasteiger partial charge in [0.15, 0.2) is 6.10 Å². The average molecular weight is 758 g/mol. The molecule has 12 heteroatoms. The van der Waals surface area contributed by atoms with Crippen LogP contribution in [0.3, 0.4) is 0 Å². The Morgan fingerprint density at radius 2 is 1.50 bits per heavy atom. The number of halogens is 3. The molecule has 0 heterocycles. The van der Waals surface area contributed by atoms with Crippen LogP contribution in [0.4, 0.5) is 5.69 Å². The second-order valence-corrected chi connectivity index (χ2v) is 9.45. The lowest BCUT2D eigenvalue weighted by molar-refractivity contribution is -0.156. The number of esters is 3. The van der Waals surface area contributed by atoms with Crippen LogP contribution in [0.5, 0.6) is 0 Å². The van der Waals surface area contributed by atoms with Crippen molar-refractivity contribution >= 4 is 97.3 Å². The zero-order chi connectivity index (χ0) is 23.2. The van der Waals surface area contributed by atoms with Crippen molar-refractivity contribution in [1.29, 1.82) is 0 Å². The van der Waals surface area contributed by atoms with Gasteiger partial charge in [0, 0.05) is 40.5 Å². The molecule has 2 N–H and O–H groups in total. The molecule has 1 rings (SSSR count). The van der Waals surface area contributed by atoms with Crippen LogP contribution in [-0.4, -0.2) is 55.0 Å². The van der Waals surface area contributed by atoms with Gasteiger partial charge < -0.3 is 24.8 Å². The Balaban J connectivity index is 3.22. The fourth-order valence-corrected chi connectivity index (χ4v) is 6.31. The molecule has 1 aromatic rings. The topological polar surface area (TPSA) is 125 Å². The van der Waals surface area contributed by atoms with E-state index in [1.54, 1.807) is 7.05 Å². The van der Waals surface area contributed by atoms with Crippen LogP contribution in [0.25, 0.3) is 0 Å². The van der Waals surface area contributed by atoms with E-state index in [9.17, 15) is 19.2 Å². The molecular weight excluding hydrogens is 737 g/mol. The number of ether oxygens (including phenoxy) is 3. The summed E-state index contributed by atoms with van der Waals surface area (Å²) in [6, 6.07) is 0. The number of rotatable bonds is 8. The maximum atomic E-state index is 13.2. The van der Waals surface area contributed by atoms with Gasteiger partial charge >= 0.3 is 17.9 Å². The largest absolute Gasteiger partial charge is 0.462 e. The Labute approximate surface area is 215 Å². The third-order valence-electron chi connectivity index (χ3n) is 3.70. The number of carbonyl (C=O) groups excluding carboxylic acids is 4. The molecule has 0 bridgehead atoms. The van der Waals surface area contributed by atoms with Gasteiger partial charge in [-0.3, -0.25) is 19.2 Å². The predicted octanol–water partition coefficient (Wildman–Crippen LogP) is 2.71. The average Bonchev–Trinajstić information content (AvgIpc) is 2.63. The number of hydrogen-bond donors (Lipinski definition) is 1. The van der Waals surface area contributed by atoms with Crippen molar-refractivity contribution in [3.8, 4) is 0 Å². The highest BCUT2D eigenvalue weighted by molar-refractivity contribution is 14.1. The molecule has 30 heavy (non-hydrogen) atoms. The van der Waals surface area contributed by atoms with Crippen molar-refractivity contribution in [3.63, 3.8) is 0 Å². The number of carbonyl (C=O) groups is 4. The number of anilines is 1. The van der Waals surface area contributed by atoms with Gasteiger partial charge in [0.05, 0.1) is 21.4 Å². The van der Waals surface area contributed by atoms with Crippen molar-refractivity contribution in [2.24, 2.45) is 0 Å². The van der Waals surface area contributed by atoms with E-state index in [4.69, 9.17) is 19.9 Å². The smallest absolute Gasteiger partial charge is 0.303 e. The van der Waals surface area contributed by atoms with E-state index in [2.05, 4.69) is 22.6 Å². The van der Waals surface area contributed by atoms with Crippen LogP contribution in [-0.2, 0) is 35.2 Å². The number of likely N-dealkylation sites (N-methyl/N-ethyl adjacent to an activating group) is 1. The van der Waals surface area contributed by atoms with E-state index >= 15 is 0 Å². The molecule has 0 aliphatic rings. The summed E-state index contributed by atoms with van der Waals surface area (Å²) >= 11 is 6.08. The second kappa shape index (κ2) is 12.2. The van der Waals surface area contributed by atoms with E-state index in [1.807, 2.05) is 45.2 Å². The molecule has 0 aromatic heterocycles. The Morgan fingerprint density at radius 3 is 2.00 bits per heavy atom. The van der Waals surface area contributed by atoms with Gasteiger partial charge in [-0.15, -0.1) is 0 Å². The molecule has 9 nitrogen and oxygen atoms in total. The molecule has 0 aliphatic heterocycles. The van der Waals surface area contributed by atoms with Crippen molar-refractivity contribution < 1.29 is 33.4 Å². The zero-order valence-corrected chi connectivity index (χ0v) is 23.2. The molecular formula is C18H21I3N2O7. The van der Waals surface area contributed by atoms with Crippen LogP contribution < -0.4 is 5.73 Å². The Kier molecular flexibility index (Phi) is 11.0. The summed E-state index contributed by atoms with van der Waals surface area (Å²) in [6.07, 6.45) is -0.822. The van der Waals surface area contributed by atoms with Crippen molar-refractivity contribution in [2.45, 2.75) is 33.5 Å². The Bertz CT molecular complexity index is 861. The minimum atomic E-state index is -0.822. The molecule has 1 atom stereocenters. The lowest BCUT2D eigenvalue weighted by atomic mass is 10.1. The fourth-order valence-electron chi connectivity index (χ4n) is 2.37. The SMILES string of the molecule is CC(=O)OCc1c(I)c(N)c(I)c(C(=O)N(C)CC(COC(C)=O)OC(C)=O)c1I. The van der Waals surface area contributed by atoms with Crippen molar-refractivity contribution in [3.05, 3.63) is 21.8 Å². The van der Waals surface area contributed by atoms with E-state index in [-0.39, 0.29) is 25.7 Å². The highest BCUT2D eigenvalue weighted by Gasteiger charge is 2.28. The third kappa shape index (κ3) is 7.65. The molecule has 0 fully saturated rings. The van der Waals surface area contributed by atoms with Crippen molar-refractivity contribution in [1.82, 2.24) is 4.90 Å². The number of amides is 1. The second-order valence-electron chi connectivity index (χ2n) is 6.21. The number of nitrogen functional groups attached to an aromatic ring is 1. The van der Waals surface area contributed by atoms with Gasteiger partial charge in [-0.05, 0) is 67.8 Å². The summed E-state index contributed by atoms with van der Waals surface area (Å²) in [5.74, 6) is -1.89. The molecule has 0 aliphatic carbocycles. The highest BCUT2D eigenvalue weighted by Crippen LogP contribution is 2.34. The molecule has 1 unspecified atom stereocenters. The first kappa shape index (κ1) is 27.1. The van der Waals surface area contributed by atoms with Crippen LogP contribution in [0.15, 0.2) is 0 Å².